The van der Waals surface area contributed by atoms with Gasteiger partial charge in [-0.2, -0.15) is 17.2 Å². The summed E-state index contributed by atoms with van der Waals surface area (Å²) in [6.07, 6.45) is 0. The fraction of sp³-hybridized carbons (Fsp3) is 0.250. The number of carbonyl (C=O) groups excluding carboxylic acids is 1. The predicted molar refractivity (Wildman–Crippen MR) is 100 cm³/mol. The Morgan fingerprint density at radius 3 is 2.00 bits per heavy atom. The van der Waals surface area contributed by atoms with Crippen molar-refractivity contribution in [1.82, 2.24) is 0 Å². The highest BCUT2D eigenvalue weighted by Gasteiger charge is 2.35. The Morgan fingerprint density at radius 2 is 1.52 bits per heavy atom. The average Bonchev–Trinajstić information content (AvgIpc) is 2.72. The third kappa shape index (κ3) is 5.42. The molecule has 2 rings (SSSR count). The van der Waals surface area contributed by atoms with Crippen LogP contribution in [0.15, 0.2) is 47.6 Å². The average molecular weight is 462 g/mol. The molecule has 31 heavy (non-hydrogen) atoms. The van der Waals surface area contributed by atoms with Crippen LogP contribution in [0, 0.1) is 35.1 Å². The largest absolute Gasteiger partial charge is 0.494 e. The van der Waals surface area contributed by atoms with E-state index in [4.69, 9.17) is 9.29 Å². The second-order valence-electron chi connectivity index (χ2n) is 6.63. The van der Waals surface area contributed by atoms with Gasteiger partial charge in [0.1, 0.15) is 6.61 Å². The molecule has 0 radical (unpaired) electrons. The molecular weight excluding hydrogens is 444 g/mol. The zero-order valence-corrected chi connectivity index (χ0v) is 17.2. The van der Waals surface area contributed by atoms with Gasteiger partial charge in [-0.15, -0.1) is 0 Å². The molecule has 0 aromatic heterocycles. The van der Waals surface area contributed by atoms with Crippen LogP contribution in [-0.2, 0) is 26.3 Å². The van der Waals surface area contributed by atoms with Gasteiger partial charge in [-0.1, -0.05) is 50.8 Å². The van der Waals surface area contributed by atoms with Crippen molar-refractivity contribution in [2.75, 3.05) is 0 Å². The molecule has 0 amide bonds. The summed E-state index contributed by atoms with van der Waals surface area (Å²) in [5.41, 5.74) is 0.820. The lowest BCUT2D eigenvalue weighted by atomic mass is 9.94. The Balaban J connectivity index is 2.18. The summed E-state index contributed by atoms with van der Waals surface area (Å²) in [7, 11) is -5.62. The van der Waals surface area contributed by atoms with Crippen LogP contribution in [-0.4, -0.2) is 18.9 Å². The Labute approximate surface area is 175 Å². The number of hydrogen-bond acceptors (Lipinski definition) is 5. The number of hydrogen-bond donors (Lipinski definition) is 1. The molecule has 2 atom stereocenters. The Bertz CT molecular complexity index is 1070. The lowest BCUT2D eigenvalue weighted by Crippen LogP contribution is -2.26. The number of ether oxygens (including phenoxy) is 2. The van der Waals surface area contributed by atoms with Gasteiger partial charge < -0.3 is 9.47 Å². The fourth-order valence-electron chi connectivity index (χ4n) is 2.47. The zero-order chi connectivity index (χ0) is 23.5. The maximum absolute atomic E-state index is 14.0. The third-order valence-electron chi connectivity index (χ3n) is 4.54. The molecule has 1 N–H and O–H groups in total. The molecular formula is C20H18F4O6S. The molecule has 0 bridgehead atoms. The van der Waals surface area contributed by atoms with Crippen molar-refractivity contribution in [2.24, 2.45) is 11.8 Å². The summed E-state index contributed by atoms with van der Waals surface area (Å²) in [5.74, 6) is -14.2. The molecule has 0 fully saturated rings. The monoisotopic (exact) mass is 462 g/mol. The summed E-state index contributed by atoms with van der Waals surface area (Å²) in [6, 6.07) is 8.98. The van der Waals surface area contributed by atoms with Gasteiger partial charge in [0.2, 0.25) is 17.4 Å². The maximum atomic E-state index is 14.0. The molecule has 0 saturated carbocycles. The first kappa shape index (κ1) is 24.4. The summed E-state index contributed by atoms with van der Waals surface area (Å²) in [5, 5.41) is 0. The van der Waals surface area contributed by atoms with Gasteiger partial charge in [-0.25, -0.2) is 8.78 Å². The topological polar surface area (TPSA) is 89.9 Å². The maximum Gasteiger partial charge on any atom is 0.314 e. The first-order valence-electron chi connectivity index (χ1n) is 8.76. The van der Waals surface area contributed by atoms with Gasteiger partial charge in [0.05, 0.1) is 11.7 Å². The van der Waals surface area contributed by atoms with Crippen LogP contribution in [0.1, 0.15) is 19.4 Å². The van der Waals surface area contributed by atoms with Crippen molar-refractivity contribution in [3.8, 4) is 5.75 Å². The molecule has 2 aromatic carbocycles. The molecule has 0 aliphatic carbocycles. The quantitative estimate of drug-likeness (QED) is 0.156. The first-order valence-corrected chi connectivity index (χ1v) is 10.2. The summed E-state index contributed by atoms with van der Waals surface area (Å²) in [6.45, 7) is 6.64. The smallest absolute Gasteiger partial charge is 0.314 e. The Hall–Kier alpha value is -2.92. The standard InChI is InChI=1S/C20H18F4O6S/c1-10(12(3)29-9-13-7-5-4-6-8-13)11(2)20(25)30-18-14(21)16(23)19(31(26,27)28)17(24)15(18)22/h4-8,10-11H,3,9H2,1-2H3,(H,26,27,28). The van der Waals surface area contributed by atoms with Gasteiger partial charge in [0.15, 0.2) is 16.5 Å². The number of allylic oxidation sites excluding steroid dienone is 1. The molecule has 168 valence electrons. The highest BCUT2D eigenvalue weighted by atomic mass is 32.2. The van der Waals surface area contributed by atoms with E-state index in [1.807, 2.05) is 6.07 Å². The Morgan fingerprint density at radius 1 is 1.00 bits per heavy atom. The Kier molecular flexibility index (Phi) is 7.45. The van der Waals surface area contributed by atoms with Crippen LogP contribution in [0.5, 0.6) is 5.75 Å². The van der Waals surface area contributed by atoms with E-state index in [1.165, 1.54) is 13.8 Å². The van der Waals surface area contributed by atoms with Crippen molar-refractivity contribution >= 4 is 16.1 Å². The van der Waals surface area contributed by atoms with E-state index >= 15 is 0 Å². The molecule has 2 aromatic rings. The SMILES string of the molecule is C=C(OCc1ccccc1)C(C)C(C)C(=O)Oc1c(F)c(F)c(S(=O)(=O)O)c(F)c1F. The predicted octanol–water partition coefficient (Wildman–Crippen LogP) is 4.40. The van der Waals surface area contributed by atoms with Gasteiger partial charge in [-0.05, 0) is 5.56 Å². The van der Waals surface area contributed by atoms with Crippen LogP contribution in [0.2, 0.25) is 0 Å². The fourth-order valence-corrected chi connectivity index (χ4v) is 3.10. The van der Waals surface area contributed by atoms with E-state index < -0.39 is 61.8 Å². The van der Waals surface area contributed by atoms with Crippen molar-refractivity contribution in [1.29, 1.82) is 0 Å². The van der Waals surface area contributed by atoms with Crippen LogP contribution in [0.25, 0.3) is 0 Å². The van der Waals surface area contributed by atoms with Crippen molar-refractivity contribution < 1.29 is 44.8 Å². The van der Waals surface area contributed by atoms with E-state index in [9.17, 15) is 30.8 Å². The number of esters is 1. The van der Waals surface area contributed by atoms with E-state index in [0.29, 0.717) is 0 Å². The number of benzene rings is 2. The highest BCUT2D eigenvalue weighted by molar-refractivity contribution is 7.85. The van der Waals surface area contributed by atoms with Crippen LogP contribution in [0.4, 0.5) is 17.6 Å². The zero-order valence-electron chi connectivity index (χ0n) is 16.4. The molecule has 11 heteroatoms. The molecule has 2 unspecified atom stereocenters. The second-order valence-corrected chi connectivity index (χ2v) is 7.99. The van der Waals surface area contributed by atoms with Crippen LogP contribution >= 0.6 is 0 Å². The molecule has 6 nitrogen and oxygen atoms in total. The van der Waals surface area contributed by atoms with E-state index in [0.717, 1.165) is 5.56 Å². The van der Waals surface area contributed by atoms with Crippen molar-refractivity contribution in [2.45, 2.75) is 25.3 Å². The van der Waals surface area contributed by atoms with Gasteiger partial charge in [0.25, 0.3) is 0 Å². The molecule has 0 aliphatic heterocycles. The van der Waals surface area contributed by atoms with Crippen molar-refractivity contribution in [3.05, 3.63) is 71.5 Å². The van der Waals surface area contributed by atoms with E-state index in [1.54, 1.807) is 24.3 Å². The lowest BCUT2D eigenvalue weighted by molar-refractivity contribution is -0.140. The van der Waals surface area contributed by atoms with Crippen molar-refractivity contribution in [3.63, 3.8) is 0 Å². The number of halogens is 4. The van der Waals surface area contributed by atoms with Crippen LogP contribution < -0.4 is 4.74 Å². The number of carbonyl (C=O) groups is 1. The lowest BCUT2D eigenvalue weighted by Gasteiger charge is -2.21. The third-order valence-corrected chi connectivity index (χ3v) is 5.41. The molecule has 0 spiro atoms. The van der Waals surface area contributed by atoms with E-state index in [-0.39, 0.29) is 12.4 Å². The van der Waals surface area contributed by atoms with Crippen LogP contribution in [0.3, 0.4) is 0 Å². The normalized spacial score (nSPS) is 13.4. The van der Waals surface area contributed by atoms with Gasteiger partial charge in [-0.3, -0.25) is 9.35 Å². The van der Waals surface area contributed by atoms with Gasteiger partial charge in [0, 0.05) is 5.92 Å². The molecule has 0 aliphatic rings. The summed E-state index contributed by atoms with van der Waals surface area (Å²) in [4.78, 5) is 10.0. The number of rotatable bonds is 8. The minimum absolute atomic E-state index is 0.141. The summed E-state index contributed by atoms with van der Waals surface area (Å²) >= 11 is 0. The summed E-state index contributed by atoms with van der Waals surface area (Å²) < 4.78 is 96.4. The first-order chi connectivity index (χ1) is 14.4. The highest BCUT2D eigenvalue weighted by Crippen LogP contribution is 2.33. The molecule has 0 saturated heterocycles. The minimum atomic E-state index is -5.62. The minimum Gasteiger partial charge on any atom is -0.494 e. The molecule has 0 heterocycles. The van der Waals surface area contributed by atoms with Gasteiger partial charge >= 0.3 is 16.1 Å². The second kappa shape index (κ2) is 9.48. The van der Waals surface area contributed by atoms with E-state index in [2.05, 4.69) is 11.3 Å².